The van der Waals surface area contributed by atoms with E-state index in [1.807, 2.05) is 25.1 Å². The molecule has 0 bridgehead atoms. The predicted octanol–water partition coefficient (Wildman–Crippen LogP) is 4.77. The van der Waals surface area contributed by atoms with Crippen LogP contribution in [0, 0.1) is 0 Å². The van der Waals surface area contributed by atoms with Crippen molar-refractivity contribution in [3.05, 3.63) is 46.1 Å². The van der Waals surface area contributed by atoms with E-state index in [1.54, 1.807) is 12.1 Å². The first-order valence-corrected chi connectivity index (χ1v) is 7.79. The van der Waals surface area contributed by atoms with Crippen LogP contribution < -0.4 is 5.32 Å². The van der Waals surface area contributed by atoms with Crippen LogP contribution in [0.2, 0.25) is 10.0 Å². The molecule has 0 saturated heterocycles. The van der Waals surface area contributed by atoms with E-state index >= 15 is 0 Å². The third kappa shape index (κ3) is 5.04. The number of nitrogens with one attached hydrogen (secondary N) is 1. The molecule has 5 heteroatoms. The minimum Gasteiger partial charge on any atom is -0.460 e. The van der Waals surface area contributed by atoms with Crippen molar-refractivity contribution in [2.45, 2.75) is 19.9 Å². The molecule has 0 amide bonds. The molecular weight excluding hydrogens is 309 g/mol. The third-order valence-corrected chi connectivity index (χ3v) is 3.57. The lowest BCUT2D eigenvalue weighted by molar-refractivity contribution is 0.144. The number of furan rings is 1. The van der Waals surface area contributed by atoms with Gasteiger partial charge in [-0.2, -0.15) is 0 Å². The predicted molar refractivity (Wildman–Crippen MR) is 87.0 cm³/mol. The summed E-state index contributed by atoms with van der Waals surface area (Å²) in [7, 11) is 0. The molecule has 1 heterocycles. The van der Waals surface area contributed by atoms with Gasteiger partial charge in [0.15, 0.2) is 0 Å². The van der Waals surface area contributed by atoms with Gasteiger partial charge in [-0.15, -0.1) is 0 Å². The molecule has 0 atom stereocenters. The largest absolute Gasteiger partial charge is 0.460 e. The molecule has 2 aromatic rings. The van der Waals surface area contributed by atoms with Crippen LogP contribution >= 0.6 is 23.2 Å². The number of benzene rings is 1. The standard InChI is InChI=1S/C16H19Cl2NO2/c1-2-20-9-3-8-19-11-13-5-7-16(21-13)14-10-12(17)4-6-15(14)18/h4-7,10,19H,2-3,8-9,11H2,1H3. The molecule has 2 rings (SSSR count). The van der Waals surface area contributed by atoms with Crippen molar-refractivity contribution in [1.29, 1.82) is 0 Å². The normalized spacial score (nSPS) is 11.0. The van der Waals surface area contributed by atoms with Crippen molar-refractivity contribution in [2.75, 3.05) is 19.8 Å². The van der Waals surface area contributed by atoms with Crippen LogP contribution in [0.15, 0.2) is 34.7 Å². The third-order valence-electron chi connectivity index (χ3n) is 3.00. The highest BCUT2D eigenvalue weighted by atomic mass is 35.5. The van der Waals surface area contributed by atoms with Gasteiger partial charge in [-0.3, -0.25) is 0 Å². The molecule has 0 unspecified atom stereocenters. The van der Waals surface area contributed by atoms with Crippen molar-refractivity contribution < 1.29 is 9.15 Å². The zero-order valence-corrected chi connectivity index (χ0v) is 13.5. The molecule has 0 spiro atoms. The molecule has 0 fully saturated rings. The zero-order chi connectivity index (χ0) is 15.1. The summed E-state index contributed by atoms with van der Waals surface area (Å²) in [5.74, 6) is 1.60. The second-order valence-electron chi connectivity index (χ2n) is 4.62. The van der Waals surface area contributed by atoms with E-state index in [0.717, 1.165) is 43.3 Å². The lowest BCUT2D eigenvalue weighted by Crippen LogP contribution is -2.15. The number of ether oxygens (including phenoxy) is 1. The van der Waals surface area contributed by atoms with E-state index in [-0.39, 0.29) is 0 Å². The number of rotatable bonds is 8. The minimum atomic E-state index is 0.630. The van der Waals surface area contributed by atoms with Crippen molar-refractivity contribution in [1.82, 2.24) is 5.32 Å². The maximum atomic E-state index is 6.17. The summed E-state index contributed by atoms with van der Waals surface area (Å²) in [6, 6.07) is 9.20. The SMILES string of the molecule is CCOCCCNCc1ccc(-c2cc(Cl)ccc2Cl)o1. The highest BCUT2D eigenvalue weighted by Crippen LogP contribution is 2.31. The van der Waals surface area contributed by atoms with Gasteiger partial charge in [0.05, 0.1) is 11.6 Å². The van der Waals surface area contributed by atoms with Crippen LogP contribution in [0.1, 0.15) is 19.1 Å². The Kier molecular flexibility index (Phi) is 6.58. The molecule has 114 valence electrons. The van der Waals surface area contributed by atoms with Gasteiger partial charge in [-0.25, -0.2) is 0 Å². The summed E-state index contributed by atoms with van der Waals surface area (Å²) >= 11 is 12.2. The first kappa shape index (κ1) is 16.4. The number of hydrogen-bond donors (Lipinski definition) is 1. The van der Waals surface area contributed by atoms with Crippen LogP contribution in [-0.4, -0.2) is 19.8 Å². The summed E-state index contributed by atoms with van der Waals surface area (Å²) in [6.07, 6.45) is 0.988. The van der Waals surface area contributed by atoms with Gasteiger partial charge in [-0.05, 0) is 50.2 Å². The van der Waals surface area contributed by atoms with Gasteiger partial charge >= 0.3 is 0 Å². The molecule has 1 aromatic heterocycles. The van der Waals surface area contributed by atoms with Crippen LogP contribution in [0.25, 0.3) is 11.3 Å². The maximum absolute atomic E-state index is 6.17. The molecule has 21 heavy (non-hydrogen) atoms. The van der Waals surface area contributed by atoms with Crippen LogP contribution in [-0.2, 0) is 11.3 Å². The van der Waals surface area contributed by atoms with E-state index in [1.165, 1.54) is 0 Å². The summed E-state index contributed by atoms with van der Waals surface area (Å²) in [5, 5.41) is 4.59. The number of halogens is 2. The van der Waals surface area contributed by atoms with Gasteiger partial charge in [-0.1, -0.05) is 23.2 Å². The molecule has 1 aromatic carbocycles. The molecule has 0 aliphatic heterocycles. The minimum absolute atomic E-state index is 0.630. The lowest BCUT2D eigenvalue weighted by atomic mass is 10.2. The quantitative estimate of drug-likeness (QED) is 0.709. The fourth-order valence-electron chi connectivity index (χ4n) is 1.96. The Morgan fingerprint density at radius 2 is 2.05 bits per heavy atom. The summed E-state index contributed by atoms with van der Waals surface area (Å²) in [6.45, 7) is 5.13. The summed E-state index contributed by atoms with van der Waals surface area (Å²) in [4.78, 5) is 0. The van der Waals surface area contributed by atoms with Crippen molar-refractivity contribution in [3.63, 3.8) is 0 Å². The maximum Gasteiger partial charge on any atom is 0.135 e. The summed E-state index contributed by atoms with van der Waals surface area (Å²) in [5.41, 5.74) is 0.812. The highest BCUT2D eigenvalue weighted by Gasteiger charge is 2.09. The first-order chi connectivity index (χ1) is 10.2. The summed E-state index contributed by atoms with van der Waals surface area (Å²) < 4.78 is 11.1. The smallest absolute Gasteiger partial charge is 0.135 e. The fourth-order valence-corrected chi connectivity index (χ4v) is 2.34. The van der Waals surface area contributed by atoms with Crippen molar-refractivity contribution in [3.8, 4) is 11.3 Å². The Hall–Kier alpha value is -1.00. The van der Waals surface area contributed by atoms with Crippen molar-refractivity contribution in [2.24, 2.45) is 0 Å². The Labute approximate surface area is 135 Å². The second kappa shape index (κ2) is 8.44. The van der Waals surface area contributed by atoms with Crippen LogP contribution in [0.4, 0.5) is 0 Å². The topological polar surface area (TPSA) is 34.4 Å². The molecular formula is C16H19Cl2NO2. The Morgan fingerprint density at radius 1 is 1.19 bits per heavy atom. The lowest BCUT2D eigenvalue weighted by Gasteiger charge is -2.04. The van der Waals surface area contributed by atoms with Gasteiger partial charge in [0.1, 0.15) is 11.5 Å². The van der Waals surface area contributed by atoms with Gasteiger partial charge in [0.25, 0.3) is 0 Å². The highest BCUT2D eigenvalue weighted by molar-refractivity contribution is 6.35. The zero-order valence-electron chi connectivity index (χ0n) is 12.0. The molecule has 0 aliphatic carbocycles. The molecule has 3 nitrogen and oxygen atoms in total. The van der Waals surface area contributed by atoms with Crippen molar-refractivity contribution >= 4 is 23.2 Å². The van der Waals surface area contributed by atoms with Gasteiger partial charge < -0.3 is 14.5 Å². The average molecular weight is 328 g/mol. The first-order valence-electron chi connectivity index (χ1n) is 7.03. The van der Waals surface area contributed by atoms with Crippen LogP contribution in [0.3, 0.4) is 0 Å². The number of hydrogen-bond acceptors (Lipinski definition) is 3. The molecule has 0 saturated carbocycles. The second-order valence-corrected chi connectivity index (χ2v) is 5.46. The fraction of sp³-hybridized carbons (Fsp3) is 0.375. The van der Waals surface area contributed by atoms with E-state index < -0.39 is 0 Å². The molecule has 1 N–H and O–H groups in total. The van der Waals surface area contributed by atoms with E-state index in [4.69, 9.17) is 32.4 Å². The van der Waals surface area contributed by atoms with Gasteiger partial charge in [0.2, 0.25) is 0 Å². The Morgan fingerprint density at radius 3 is 2.86 bits per heavy atom. The van der Waals surface area contributed by atoms with Crippen LogP contribution in [0.5, 0.6) is 0 Å². The van der Waals surface area contributed by atoms with Gasteiger partial charge in [0, 0.05) is 23.8 Å². The molecule has 0 radical (unpaired) electrons. The Balaban J connectivity index is 1.88. The molecule has 0 aliphatic rings. The van der Waals surface area contributed by atoms with E-state index in [9.17, 15) is 0 Å². The van der Waals surface area contributed by atoms with E-state index in [0.29, 0.717) is 16.6 Å². The van der Waals surface area contributed by atoms with E-state index in [2.05, 4.69) is 5.32 Å². The Bertz CT molecular complexity index is 569. The average Bonchev–Trinajstić information content (AvgIpc) is 2.94. The monoisotopic (exact) mass is 327 g/mol.